The first kappa shape index (κ1) is 21.8. The molecule has 1 amide bonds. The largest absolute Gasteiger partial charge is 0.289 e. The highest BCUT2D eigenvalue weighted by atomic mass is 79.9. The summed E-state index contributed by atoms with van der Waals surface area (Å²) in [5.41, 5.74) is 0.932. The number of hydrogen-bond donors (Lipinski definition) is 2. The van der Waals surface area contributed by atoms with Crippen LogP contribution in [0.25, 0.3) is 0 Å². The van der Waals surface area contributed by atoms with Crippen LogP contribution in [0, 0.1) is 5.82 Å². The van der Waals surface area contributed by atoms with E-state index in [0.717, 1.165) is 22.2 Å². The van der Waals surface area contributed by atoms with E-state index in [9.17, 15) is 17.6 Å². The monoisotopic (exact) mass is 493 g/mol. The van der Waals surface area contributed by atoms with Gasteiger partial charge in [-0.1, -0.05) is 34.1 Å². The molecule has 0 saturated heterocycles. The summed E-state index contributed by atoms with van der Waals surface area (Å²) >= 11 is 3.37. The van der Waals surface area contributed by atoms with Gasteiger partial charge in [0.25, 0.3) is 5.91 Å². The zero-order valence-corrected chi connectivity index (χ0v) is 18.0. The Balaban J connectivity index is 1.73. The average Bonchev–Trinajstić information content (AvgIpc) is 3.15. The van der Waals surface area contributed by atoms with Crippen molar-refractivity contribution in [3.8, 4) is 0 Å². The zero-order chi connectivity index (χ0) is 21.7. The van der Waals surface area contributed by atoms with Gasteiger partial charge in [0.1, 0.15) is 17.0 Å². The number of anilines is 1. The Bertz CT molecular complexity index is 1180. The molecule has 0 saturated carbocycles. The van der Waals surface area contributed by atoms with E-state index in [2.05, 4.69) is 42.6 Å². The highest BCUT2D eigenvalue weighted by Gasteiger charge is 2.21. The summed E-state index contributed by atoms with van der Waals surface area (Å²) in [6.07, 6.45) is 2.78. The third-order valence-electron chi connectivity index (χ3n) is 3.92. The molecule has 1 aromatic heterocycles. The van der Waals surface area contributed by atoms with Crippen LogP contribution in [0.4, 0.5) is 10.3 Å². The van der Waals surface area contributed by atoms with Crippen LogP contribution in [0.3, 0.4) is 0 Å². The summed E-state index contributed by atoms with van der Waals surface area (Å²) in [5.74, 6) is -1.60. The maximum Gasteiger partial charge on any atom is 0.258 e. The lowest BCUT2D eigenvalue weighted by molar-refractivity contribution is 0.102. The molecule has 0 radical (unpaired) electrons. The third-order valence-corrected chi connectivity index (χ3v) is 5.89. The lowest BCUT2D eigenvalue weighted by atomic mass is 10.2. The molecule has 3 aromatic rings. The van der Waals surface area contributed by atoms with E-state index in [0.29, 0.717) is 6.54 Å². The van der Waals surface area contributed by atoms with Crippen LogP contribution >= 0.6 is 15.9 Å². The molecule has 0 spiro atoms. The Kier molecular flexibility index (Phi) is 6.75. The summed E-state index contributed by atoms with van der Waals surface area (Å²) in [5, 5.41) is 6.64. The second kappa shape index (κ2) is 9.28. The van der Waals surface area contributed by atoms with Crippen molar-refractivity contribution >= 4 is 37.8 Å². The fraction of sp³-hybridized carbons (Fsp3) is 0.105. The topological polar surface area (TPSA) is 106 Å². The van der Waals surface area contributed by atoms with Crippen molar-refractivity contribution in [1.29, 1.82) is 0 Å². The molecule has 0 aliphatic heterocycles. The number of halogens is 2. The van der Waals surface area contributed by atoms with Gasteiger partial charge in [0.2, 0.25) is 16.0 Å². The minimum absolute atomic E-state index is 0.0376. The summed E-state index contributed by atoms with van der Waals surface area (Å²) in [7, 11) is -4.13. The number of nitrogens with zero attached hydrogens (tertiary/aromatic N) is 3. The van der Waals surface area contributed by atoms with Gasteiger partial charge in [-0.05, 0) is 35.9 Å². The Morgan fingerprint density at radius 2 is 1.97 bits per heavy atom. The van der Waals surface area contributed by atoms with E-state index >= 15 is 0 Å². The molecule has 0 fully saturated rings. The number of aromatic nitrogens is 3. The van der Waals surface area contributed by atoms with Crippen LogP contribution in [-0.2, 0) is 16.6 Å². The number of carbonyl (C=O) groups is 1. The van der Waals surface area contributed by atoms with Crippen LogP contribution in [0.15, 0.2) is 70.8 Å². The molecule has 0 aliphatic carbocycles. The lowest BCUT2D eigenvalue weighted by Gasteiger charge is -2.08. The molecule has 8 nitrogen and oxygen atoms in total. The van der Waals surface area contributed by atoms with Crippen molar-refractivity contribution in [2.24, 2.45) is 0 Å². The van der Waals surface area contributed by atoms with Crippen LogP contribution in [0.2, 0.25) is 0 Å². The maximum absolute atomic E-state index is 14.0. The minimum atomic E-state index is -4.13. The van der Waals surface area contributed by atoms with Gasteiger partial charge >= 0.3 is 0 Å². The molecular weight excluding hydrogens is 477 g/mol. The molecule has 11 heteroatoms. The molecular formula is C19H17BrFN5O3S. The van der Waals surface area contributed by atoms with E-state index in [1.165, 1.54) is 18.5 Å². The number of sulfonamides is 1. The Morgan fingerprint density at radius 1 is 1.23 bits per heavy atom. The van der Waals surface area contributed by atoms with Crippen LogP contribution in [-0.4, -0.2) is 35.6 Å². The lowest BCUT2D eigenvalue weighted by Crippen LogP contribution is -2.25. The molecule has 1 heterocycles. The van der Waals surface area contributed by atoms with E-state index in [4.69, 9.17) is 0 Å². The van der Waals surface area contributed by atoms with E-state index < -0.39 is 26.6 Å². The first-order valence-corrected chi connectivity index (χ1v) is 10.9. The number of hydrogen-bond acceptors (Lipinski definition) is 5. The van der Waals surface area contributed by atoms with Crippen LogP contribution < -0.4 is 10.0 Å². The summed E-state index contributed by atoms with van der Waals surface area (Å²) in [6, 6.07) is 10.7. The van der Waals surface area contributed by atoms with Gasteiger partial charge in [-0.15, -0.1) is 11.7 Å². The summed E-state index contributed by atoms with van der Waals surface area (Å²) in [4.78, 5) is 15.9. The van der Waals surface area contributed by atoms with Gasteiger partial charge in [0.15, 0.2) is 0 Å². The van der Waals surface area contributed by atoms with Crippen molar-refractivity contribution in [3.63, 3.8) is 0 Å². The van der Waals surface area contributed by atoms with Crippen molar-refractivity contribution in [1.82, 2.24) is 19.5 Å². The molecule has 0 unspecified atom stereocenters. The Morgan fingerprint density at radius 3 is 2.67 bits per heavy atom. The van der Waals surface area contributed by atoms with Gasteiger partial charge < -0.3 is 0 Å². The first-order chi connectivity index (χ1) is 14.3. The summed E-state index contributed by atoms with van der Waals surface area (Å²) < 4.78 is 43.0. The predicted molar refractivity (Wildman–Crippen MR) is 113 cm³/mol. The standard InChI is InChI=1S/C19H17BrFN5O3S/c1-2-9-23-30(28,29)17-10-14(5-8-16(17)21)18(27)24-19-22-12-26(25-19)11-13-3-6-15(20)7-4-13/h2-8,10,12,23H,1,9,11H2,(H,24,25,27). The SMILES string of the molecule is C=CCNS(=O)(=O)c1cc(C(=O)Nc2ncn(Cc3ccc(Br)cc3)n2)ccc1F. The van der Waals surface area contributed by atoms with Crippen molar-refractivity contribution < 1.29 is 17.6 Å². The molecule has 156 valence electrons. The molecule has 30 heavy (non-hydrogen) atoms. The third kappa shape index (κ3) is 5.38. The maximum atomic E-state index is 14.0. The normalized spacial score (nSPS) is 11.3. The fourth-order valence-corrected chi connectivity index (χ4v) is 3.84. The molecule has 0 atom stereocenters. The highest BCUT2D eigenvalue weighted by molar-refractivity contribution is 9.10. The number of amides is 1. The van der Waals surface area contributed by atoms with Gasteiger partial charge in [-0.2, -0.15) is 0 Å². The second-order valence-electron chi connectivity index (χ2n) is 6.13. The van der Waals surface area contributed by atoms with E-state index in [-0.39, 0.29) is 18.1 Å². The second-order valence-corrected chi connectivity index (χ2v) is 8.78. The van der Waals surface area contributed by atoms with Crippen LogP contribution in [0.5, 0.6) is 0 Å². The molecule has 0 bridgehead atoms. The quantitative estimate of drug-likeness (QED) is 0.469. The Hall–Kier alpha value is -2.89. The van der Waals surface area contributed by atoms with Gasteiger partial charge in [0, 0.05) is 16.6 Å². The smallest absolute Gasteiger partial charge is 0.258 e. The van der Waals surface area contributed by atoms with E-state index in [1.807, 2.05) is 24.3 Å². The van der Waals surface area contributed by atoms with Gasteiger partial charge in [-0.3, -0.25) is 10.1 Å². The first-order valence-electron chi connectivity index (χ1n) is 8.64. The number of carbonyl (C=O) groups excluding carboxylic acids is 1. The average molecular weight is 494 g/mol. The minimum Gasteiger partial charge on any atom is -0.289 e. The molecule has 0 aliphatic rings. The predicted octanol–water partition coefficient (Wildman–Crippen LogP) is 2.94. The summed E-state index contributed by atoms with van der Waals surface area (Å²) in [6.45, 7) is 3.78. The van der Waals surface area contributed by atoms with Gasteiger partial charge in [0.05, 0.1) is 6.54 Å². The van der Waals surface area contributed by atoms with Gasteiger partial charge in [-0.25, -0.2) is 27.2 Å². The molecule has 3 rings (SSSR count). The van der Waals surface area contributed by atoms with Crippen molar-refractivity contribution in [2.45, 2.75) is 11.4 Å². The highest BCUT2D eigenvalue weighted by Crippen LogP contribution is 2.17. The molecule has 2 aromatic carbocycles. The van der Waals surface area contributed by atoms with Crippen molar-refractivity contribution in [2.75, 3.05) is 11.9 Å². The van der Waals surface area contributed by atoms with Crippen molar-refractivity contribution in [3.05, 3.63) is 82.9 Å². The number of benzene rings is 2. The number of nitrogens with one attached hydrogen (secondary N) is 2. The Labute approximate surface area is 181 Å². The fourth-order valence-electron chi connectivity index (χ4n) is 2.48. The van der Waals surface area contributed by atoms with E-state index in [1.54, 1.807) is 4.68 Å². The van der Waals surface area contributed by atoms with Crippen LogP contribution in [0.1, 0.15) is 15.9 Å². The molecule has 2 N–H and O–H groups in total. The zero-order valence-electron chi connectivity index (χ0n) is 15.5. The number of rotatable bonds is 8.